The molecule has 0 atom stereocenters. The number of aromatic amines is 2. The zero-order chi connectivity index (χ0) is 13.4. The Morgan fingerprint density at radius 3 is 2.63 bits per heavy atom. The van der Waals surface area contributed by atoms with Crippen molar-refractivity contribution in [2.75, 3.05) is 0 Å². The second-order valence-corrected chi connectivity index (χ2v) is 4.42. The minimum atomic E-state index is -0.352. The van der Waals surface area contributed by atoms with Gasteiger partial charge in [0.2, 0.25) is 0 Å². The van der Waals surface area contributed by atoms with Crippen molar-refractivity contribution in [3.05, 3.63) is 58.5 Å². The summed E-state index contributed by atoms with van der Waals surface area (Å²) in [7, 11) is 0. The molecule has 4 nitrogen and oxygen atoms in total. The molecule has 0 amide bonds. The van der Waals surface area contributed by atoms with E-state index in [1.165, 1.54) is 6.92 Å². The van der Waals surface area contributed by atoms with E-state index >= 15 is 0 Å². The lowest BCUT2D eigenvalue weighted by Crippen LogP contribution is -2.15. The summed E-state index contributed by atoms with van der Waals surface area (Å²) < 4.78 is 0. The molecule has 1 aromatic carbocycles. The normalized spacial score (nSPS) is 10.8. The Kier molecular flexibility index (Phi) is 2.56. The van der Waals surface area contributed by atoms with Crippen molar-refractivity contribution in [3.63, 3.8) is 0 Å². The van der Waals surface area contributed by atoms with E-state index in [4.69, 9.17) is 0 Å². The maximum Gasteiger partial charge on any atom is 0.259 e. The van der Waals surface area contributed by atoms with Gasteiger partial charge < -0.3 is 9.97 Å². The highest BCUT2D eigenvalue weighted by atomic mass is 16.1. The van der Waals surface area contributed by atoms with Gasteiger partial charge in [-0.15, -0.1) is 0 Å². The third-order valence-corrected chi connectivity index (χ3v) is 3.17. The van der Waals surface area contributed by atoms with Crippen LogP contribution in [-0.2, 0) is 0 Å². The van der Waals surface area contributed by atoms with E-state index in [2.05, 4.69) is 9.97 Å². The Labute approximate surface area is 109 Å². The third kappa shape index (κ3) is 1.87. The van der Waals surface area contributed by atoms with E-state index < -0.39 is 0 Å². The number of Topliss-reactive ketones (excluding diaryl/α,β-unsaturated/α-hetero) is 1. The molecule has 2 N–H and O–H groups in total. The Hall–Kier alpha value is -2.62. The monoisotopic (exact) mass is 252 g/mol. The average Bonchev–Trinajstić information content (AvgIpc) is 2.82. The van der Waals surface area contributed by atoms with E-state index in [0.29, 0.717) is 5.69 Å². The SMILES string of the molecule is CC(=O)c1ccc(-c2c[nH]c3ccccc23)[nH]c1=O. The quantitative estimate of drug-likeness (QED) is 0.689. The van der Waals surface area contributed by atoms with Gasteiger partial charge in [0, 0.05) is 22.7 Å². The molecular formula is C15H12N2O2. The predicted octanol–water partition coefficient (Wildman–Crippen LogP) is 2.73. The summed E-state index contributed by atoms with van der Waals surface area (Å²) in [6.07, 6.45) is 1.85. The number of carbonyl (C=O) groups excluding carboxylic acids is 1. The lowest BCUT2D eigenvalue weighted by molar-refractivity contribution is 0.101. The van der Waals surface area contributed by atoms with E-state index in [1.54, 1.807) is 12.1 Å². The molecule has 2 aromatic heterocycles. The van der Waals surface area contributed by atoms with Gasteiger partial charge in [0.05, 0.1) is 11.3 Å². The van der Waals surface area contributed by atoms with E-state index in [9.17, 15) is 9.59 Å². The number of fused-ring (bicyclic) bond motifs is 1. The molecule has 0 aliphatic rings. The van der Waals surface area contributed by atoms with Gasteiger partial charge in [-0.1, -0.05) is 18.2 Å². The first-order valence-electron chi connectivity index (χ1n) is 5.97. The van der Waals surface area contributed by atoms with Crippen LogP contribution in [0.25, 0.3) is 22.2 Å². The summed E-state index contributed by atoms with van der Waals surface area (Å²) in [6, 6.07) is 11.2. The molecule has 0 radical (unpaired) electrons. The highest BCUT2D eigenvalue weighted by Gasteiger charge is 2.09. The maximum absolute atomic E-state index is 11.8. The number of aromatic nitrogens is 2. The molecule has 0 spiro atoms. The smallest absolute Gasteiger partial charge is 0.259 e. The molecular weight excluding hydrogens is 240 g/mol. The first kappa shape index (κ1) is 11.5. The van der Waals surface area contributed by atoms with Crippen molar-refractivity contribution in [2.24, 2.45) is 0 Å². The number of pyridine rings is 1. The van der Waals surface area contributed by atoms with Crippen LogP contribution in [0.5, 0.6) is 0 Å². The van der Waals surface area contributed by atoms with Crippen LogP contribution in [0.1, 0.15) is 17.3 Å². The van der Waals surface area contributed by atoms with Crippen LogP contribution in [0.2, 0.25) is 0 Å². The van der Waals surface area contributed by atoms with Crippen molar-refractivity contribution in [2.45, 2.75) is 6.92 Å². The number of ketones is 1. The minimum absolute atomic E-state index is 0.184. The van der Waals surface area contributed by atoms with Gasteiger partial charge in [0.1, 0.15) is 0 Å². The number of nitrogens with one attached hydrogen (secondary N) is 2. The molecule has 0 aliphatic carbocycles. The van der Waals surface area contributed by atoms with Crippen molar-refractivity contribution in [3.8, 4) is 11.3 Å². The molecule has 0 unspecified atom stereocenters. The summed E-state index contributed by atoms with van der Waals surface area (Å²) in [6.45, 7) is 1.38. The van der Waals surface area contributed by atoms with Crippen molar-refractivity contribution >= 4 is 16.7 Å². The first-order valence-corrected chi connectivity index (χ1v) is 5.97. The van der Waals surface area contributed by atoms with Crippen LogP contribution in [0, 0.1) is 0 Å². The van der Waals surface area contributed by atoms with Crippen molar-refractivity contribution in [1.29, 1.82) is 0 Å². The Balaban J connectivity index is 2.20. The van der Waals surface area contributed by atoms with E-state index in [1.807, 2.05) is 30.5 Å². The highest BCUT2D eigenvalue weighted by molar-refractivity contribution is 5.96. The molecule has 4 heteroatoms. The van der Waals surface area contributed by atoms with Gasteiger partial charge >= 0.3 is 0 Å². The summed E-state index contributed by atoms with van der Waals surface area (Å²) in [5, 5.41) is 1.04. The van der Waals surface area contributed by atoms with Gasteiger partial charge in [-0.25, -0.2) is 0 Å². The number of para-hydroxylation sites is 1. The molecule has 19 heavy (non-hydrogen) atoms. The van der Waals surface area contributed by atoms with Gasteiger partial charge in [0.15, 0.2) is 5.78 Å². The molecule has 3 rings (SSSR count). The number of hydrogen-bond donors (Lipinski definition) is 2. The zero-order valence-electron chi connectivity index (χ0n) is 10.4. The molecule has 0 bridgehead atoms. The number of hydrogen-bond acceptors (Lipinski definition) is 2. The average molecular weight is 252 g/mol. The topological polar surface area (TPSA) is 65.7 Å². The molecule has 0 fully saturated rings. The summed E-state index contributed by atoms with van der Waals surface area (Å²) in [4.78, 5) is 29.0. The van der Waals surface area contributed by atoms with Crippen LogP contribution < -0.4 is 5.56 Å². The highest BCUT2D eigenvalue weighted by Crippen LogP contribution is 2.26. The number of benzene rings is 1. The fourth-order valence-electron chi connectivity index (χ4n) is 2.20. The van der Waals surface area contributed by atoms with Gasteiger partial charge in [-0.05, 0) is 25.1 Å². The van der Waals surface area contributed by atoms with Crippen LogP contribution >= 0.6 is 0 Å². The summed E-state index contributed by atoms with van der Waals surface area (Å²) in [5.74, 6) is -0.230. The molecule has 0 saturated carbocycles. The number of carbonyl (C=O) groups is 1. The maximum atomic E-state index is 11.8. The molecule has 0 aliphatic heterocycles. The first-order chi connectivity index (χ1) is 9.16. The Morgan fingerprint density at radius 1 is 1.11 bits per heavy atom. The lowest BCUT2D eigenvalue weighted by atomic mass is 10.1. The summed E-state index contributed by atoms with van der Waals surface area (Å²) in [5.41, 5.74) is 2.46. The third-order valence-electron chi connectivity index (χ3n) is 3.17. The van der Waals surface area contributed by atoms with Gasteiger partial charge in [0.25, 0.3) is 5.56 Å². The van der Waals surface area contributed by atoms with Crippen molar-refractivity contribution in [1.82, 2.24) is 9.97 Å². The second-order valence-electron chi connectivity index (χ2n) is 4.42. The minimum Gasteiger partial charge on any atom is -0.360 e. The molecule has 94 valence electrons. The van der Waals surface area contributed by atoms with Crippen LogP contribution in [0.3, 0.4) is 0 Å². The fourth-order valence-corrected chi connectivity index (χ4v) is 2.20. The largest absolute Gasteiger partial charge is 0.360 e. The summed E-state index contributed by atoms with van der Waals surface area (Å²) >= 11 is 0. The molecule has 0 saturated heterocycles. The van der Waals surface area contributed by atoms with Gasteiger partial charge in [-0.3, -0.25) is 9.59 Å². The van der Waals surface area contributed by atoms with Crippen LogP contribution in [-0.4, -0.2) is 15.8 Å². The second kappa shape index (κ2) is 4.24. The molecule has 3 aromatic rings. The number of H-pyrrole nitrogens is 2. The number of rotatable bonds is 2. The Morgan fingerprint density at radius 2 is 1.89 bits per heavy atom. The van der Waals surface area contributed by atoms with Crippen LogP contribution in [0.15, 0.2) is 47.4 Å². The van der Waals surface area contributed by atoms with Crippen LogP contribution in [0.4, 0.5) is 0 Å². The van der Waals surface area contributed by atoms with Crippen molar-refractivity contribution < 1.29 is 4.79 Å². The fraction of sp³-hybridized carbons (Fsp3) is 0.0667. The standard InChI is InChI=1S/C15H12N2O2/c1-9(18)10-6-7-14(17-15(10)19)12-8-16-13-5-3-2-4-11(12)13/h2-8,16H,1H3,(H,17,19). The Bertz CT molecular complexity index is 827. The van der Waals surface area contributed by atoms with Gasteiger partial charge in [-0.2, -0.15) is 0 Å². The van der Waals surface area contributed by atoms with E-state index in [-0.39, 0.29) is 16.9 Å². The molecule has 2 heterocycles. The van der Waals surface area contributed by atoms with E-state index in [0.717, 1.165) is 16.5 Å². The lowest BCUT2D eigenvalue weighted by Gasteiger charge is -2.01. The zero-order valence-corrected chi connectivity index (χ0v) is 10.4. The predicted molar refractivity (Wildman–Crippen MR) is 74.4 cm³/mol.